The maximum absolute atomic E-state index is 9.17. The number of hydrogen-bond acceptors (Lipinski definition) is 5. The average Bonchev–Trinajstić information content (AvgIpc) is 2.54. The lowest BCUT2D eigenvalue weighted by Gasteiger charge is -2.12. The molecular formula is C17H23N3O2. The van der Waals surface area contributed by atoms with Crippen LogP contribution in [-0.4, -0.2) is 21.6 Å². The molecule has 0 fully saturated rings. The van der Waals surface area contributed by atoms with Gasteiger partial charge in [-0.2, -0.15) is 0 Å². The Morgan fingerprint density at radius 1 is 1.27 bits per heavy atom. The number of hydrogen-bond donors (Lipinski definition) is 2. The second-order valence-electron chi connectivity index (χ2n) is 5.18. The molecule has 5 nitrogen and oxygen atoms in total. The number of ether oxygens (including phenoxy) is 1. The molecule has 0 spiro atoms. The summed E-state index contributed by atoms with van der Waals surface area (Å²) in [5, 5.41) is 12.5. The molecule has 0 saturated carbocycles. The van der Waals surface area contributed by atoms with E-state index in [1.165, 1.54) is 0 Å². The van der Waals surface area contributed by atoms with Crippen LogP contribution < -0.4 is 10.1 Å². The van der Waals surface area contributed by atoms with Gasteiger partial charge in [-0.3, -0.25) is 0 Å². The van der Waals surface area contributed by atoms with E-state index in [0.717, 1.165) is 36.3 Å². The van der Waals surface area contributed by atoms with E-state index in [9.17, 15) is 5.11 Å². The lowest BCUT2D eigenvalue weighted by Crippen LogP contribution is -2.08. The van der Waals surface area contributed by atoms with Crippen LogP contribution in [0.4, 0.5) is 5.82 Å². The van der Waals surface area contributed by atoms with Gasteiger partial charge >= 0.3 is 0 Å². The maximum Gasteiger partial charge on any atom is 0.180 e. The van der Waals surface area contributed by atoms with Crippen LogP contribution in [0.15, 0.2) is 30.5 Å². The van der Waals surface area contributed by atoms with E-state index in [1.807, 2.05) is 31.2 Å². The van der Waals surface area contributed by atoms with Crippen LogP contribution >= 0.6 is 0 Å². The van der Waals surface area contributed by atoms with Crippen LogP contribution in [0.3, 0.4) is 0 Å². The number of anilines is 1. The zero-order valence-corrected chi connectivity index (χ0v) is 13.2. The lowest BCUT2D eigenvalue weighted by atomic mass is 10.1. The molecule has 0 saturated heterocycles. The summed E-state index contributed by atoms with van der Waals surface area (Å²) >= 11 is 0. The maximum atomic E-state index is 9.17. The number of benzene rings is 1. The third-order valence-electron chi connectivity index (χ3n) is 3.27. The first-order valence-electron chi connectivity index (χ1n) is 7.62. The van der Waals surface area contributed by atoms with Crippen LogP contribution in [0, 0.1) is 6.92 Å². The molecule has 22 heavy (non-hydrogen) atoms. The van der Waals surface area contributed by atoms with Gasteiger partial charge in [0.25, 0.3) is 0 Å². The zero-order chi connectivity index (χ0) is 15.8. The van der Waals surface area contributed by atoms with Crippen LogP contribution in [0.25, 0.3) is 0 Å². The van der Waals surface area contributed by atoms with Crippen LogP contribution in [0.2, 0.25) is 0 Å². The van der Waals surface area contributed by atoms with Gasteiger partial charge in [0.1, 0.15) is 12.4 Å². The van der Waals surface area contributed by atoms with E-state index in [4.69, 9.17) is 4.74 Å². The Kier molecular flexibility index (Phi) is 6.15. The highest BCUT2D eigenvalue weighted by Gasteiger charge is 2.07. The van der Waals surface area contributed by atoms with Gasteiger partial charge in [-0.05, 0) is 24.5 Å². The van der Waals surface area contributed by atoms with Crippen molar-refractivity contribution in [1.82, 2.24) is 9.97 Å². The quantitative estimate of drug-likeness (QED) is 0.733. The summed E-state index contributed by atoms with van der Waals surface area (Å²) in [6, 6.07) is 7.70. The Bertz CT molecular complexity index is 602. The third kappa shape index (κ3) is 4.70. The number of nitrogens with one attached hydrogen (secondary N) is 1. The number of nitrogens with zero attached hydrogens (tertiary/aromatic N) is 2. The highest BCUT2D eigenvalue weighted by Crippen LogP contribution is 2.22. The minimum atomic E-state index is 0.0330. The van der Waals surface area contributed by atoms with E-state index in [0.29, 0.717) is 18.2 Å². The molecule has 2 rings (SSSR count). The van der Waals surface area contributed by atoms with Gasteiger partial charge in [0.05, 0.1) is 12.8 Å². The molecule has 1 heterocycles. The molecule has 2 N–H and O–H groups in total. The fourth-order valence-corrected chi connectivity index (χ4v) is 2.05. The molecule has 0 atom stereocenters. The third-order valence-corrected chi connectivity index (χ3v) is 3.27. The molecule has 118 valence electrons. The number of aromatic nitrogens is 2. The molecule has 0 amide bonds. The standard InChI is InChI=1S/C17H23N3O2/c1-3-4-8-18-17-16(10-19-13(2)20-17)22-12-15-7-5-6-14(9-15)11-21/h5-7,9-10,21H,3-4,8,11-12H2,1-2H3,(H,18,19,20). The SMILES string of the molecule is CCCCNc1nc(C)ncc1OCc1cccc(CO)c1. The van der Waals surface area contributed by atoms with Crippen molar-refractivity contribution in [3.05, 3.63) is 47.4 Å². The molecule has 0 bridgehead atoms. The molecule has 5 heteroatoms. The summed E-state index contributed by atoms with van der Waals surface area (Å²) < 4.78 is 5.84. The molecular weight excluding hydrogens is 278 g/mol. The monoisotopic (exact) mass is 301 g/mol. The molecule has 0 aliphatic rings. The second-order valence-corrected chi connectivity index (χ2v) is 5.18. The van der Waals surface area contributed by atoms with Crippen molar-refractivity contribution in [2.24, 2.45) is 0 Å². The minimum absolute atomic E-state index is 0.0330. The van der Waals surface area contributed by atoms with Gasteiger partial charge in [-0.25, -0.2) is 9.97 Å². The molecule has 0 unspecified atom stereocenters. The van der Waals surface area contributed by atoms with Gasteiger partial charge in [-0.1, -0.05) is 37.6 Å². The van der Waals surface area contributed by atoms with Gasteiger partial charge in [0.2, 0.25) is 0 Å². The van der Waals surface area contributed by atoms with E-state index in [1.54, 1.807) is 6.20 Å². The van der Waals surface area contributed by atoms with Gasteiger partial charge in [-0.15, -0.1) is 0 Å². The minimum Gasteiger partial charge on any atom is -0.483 e. The lowest BCUT2D eigenvalue weighted by molar-refractivity contribution is 0.280. The number of aliphatic hydroxyl groups is 1. The predicted octanol–water partition coefficient (Wildman–Crippen LogP) is 3.07. The number of unbranched alkanes of at least 4 members (excludes halogenated alkanes) is 1. The number of aryl methyl sites for hydroxylation is 1. The number of aliphatic hydroxyl groups excluding tert-OH is 1. The van der Waals surface area contributed by atoms with E-state index < -0.39 is 0 Å². The van der Waals surface area contributed by atoms with Crippen LogP contribution in [0.1, 0.15) is 36.7 Å². The van der Waals surface area contributed by atoms with E-state index in [-0.39, 0.29) is 6.61 Å². The van der Waals surface area contributed by atoms with Crippen molar-refractivity contribution < 1.29 is 9.84 Å². The highest BCUT2D eigenvalue weighted by molar-refractivity contribution is 5.48. The summed E-state index contributed by atoms with van der Waals surface area (Å²) in [6.45, 7) is 5.33. The fraction of sp³-hybridized carbons (Fsp3) is 0.412. The first-order valence-corrected chi connectivity index (χ1v) is 7.62. The Hall–Kier alpha value is -2.14. The van der Waals surface area contributed by atoms with Crippen molar-refractivity contribution in [2.75, 3.05) is 11.9 Å². The first-order chi connectivity index (χ1) is 10.7. The van der Waals surface area contributed by atoms with Crippen LogP contribution in [0.5, 0.6) is 5.75 Å². The predicted molar refractivity (Wildman–Crippen MR) is 86.9 cm³/mol. The Labute approximate surface area is 131 Å². The summed E-state index contributed by atoms with van der Waals surface area (Å²) in [5.41, 5.74) is 1.88. The summed E-state index contributed by atoms with van der Waals surface area (Å²) in [5.74, 6) is 2.10. The first kappa shape index (κ1) is 16.2. The van der Waals surface area contributed by atoms with Crippen molar-refractivity contribution in [3.8, 4) is 5.75 Å². The van der Waals surface area contributed by atoms with Gasteiger partial charge in [0.15, 0.2) is 11.6 Å². The zero-order valence-electron chi connectivity index (χ0n) is 13.2. The molecule has 1 aromatic heterocycles. The summed E-state index contributed by atoms with van der Waals surface area (Å²) in [7, 11) is 0. The van der Waals surface area contributed by atoms with Gasteiger partial charge < -0.3 is 15.2 Å². The molecule has 0 aliphatic heterocycles. The number of rotatable bonds is 8. The van der Waals surface area contributed by atoms with E-state index in [2.05, 4.69) is 22.2 Å². The normalized spacial score (nSPS) is 10.5. The van der Waals surface area contributed by atoms with Crippen LogP contribution in [-0.2, 0) is 13.2 Å². The summed E-state index contributed by atoms with van der Waals surface area (Å²) in [4.78, 5) is 8.60. The summed E-state index contributed by atoms with van der Waals surface area (Å²) in [6.07, 6.45) is 3.91. The van der Waals surface area contributed by atoms with Crippen molar-refractivity contribution in [3.63, 3.8) is 0 Å². The topological polar surface area (TPSA) is 67.3 Å². The Morgan fingerprint density at radius 2 is 2.09 bits per heavy atom. The second kappa shape index (κ2) is 8.34. The van der Waals surface area contributed by atoms with Crippen molar-refractivity contribution in [1.29, 1.82) is 0 Å². The molecule has 0 aliphatic carbocycles. The molecule has 0 radical (unpaired) electrons. The Balaban J connectivity index is 2.04. The van der Waals surface area contributed by atoms with Crippen molar-refractivity contribution >= 4 is 5.82 Å². The molecule has 1 aromatic carbocycles. The fourth-order valence-electron chi connectivity index (χ4n) is 2.05. The largest absolute Gasteiger partial charge is 0.483 e. The Morgan fingerprint density at radius 3 is 2.86 bits per heavy atom. The molecule has 2 aromatic rings. The average molecular weight is 301 g/mol. The smallest absolute Gasteiger partial charge is 0.180 e. The van der Waals surface area contributed by atoms with Crippen molar-refractivity contribution in [2.45, 2.75) is 39.9 Å². The van der Waals surface area contributed by atoms with E-state index >= 15 is 0 Å². The highest BCUT2D eigenvalue weighted by atomic mass is 16.5. The van der Waals surface area contributed by atoms with Gasteiger partial charge in [0, 0.05) is 6.54 Å².